The highest BCUT2D eigenvalue weighted by atomic mass is 16.3. The highest BCUT2D eigenvalue weighted by Crippen LogP contribution is 2.32. The molecule has 8 nitrogen and oxygen atoms in total. The number of piperidine rings is 1. The monoisotopic (exact) mass is 391 g/mol. The summed E-state index contributed by atoms with van der Waals surface area (Å²) in [4.78, 5) is 2.25. The molecule has 2 bridgehead atoms. The van der Waals surface area contributed by atoms with Gasteiger partial charge in [0.2, 0.25) is 0 Å². The number of anilines is 1. The van der Waals surface area contributed by atoms with Crippen molar-refractivity contribution in [2.45, 2.75) is 50.7 Å². The van der Waals surface area contributed by atoms with Gasteiger partial charge in [0, 0.05) is 36.8 Å². The Balaban J connectivity index is 1.34. The lowest BCUT2D eigenvalue weighted by atomic mass is 9.98. The van der Waals surface area contributed by atoms with Crippen molar-refractivity contribution < 1.29 is 5.11 Å². The molecular formula is C21H25N7O. The van der Waals surface area contributed by atoms with Crippen LogP contribution >= 0.6 is 0 Å². The van der Waals surface area contributed by atoms with Gasteiger partial charge in [-0.15, -0.1) is 15.3 Å². The summed E-state index contributed by atoms with van der Waals surface area (Å²) in [7, 11) is 2.10. The molecule has 29 heavy (non-hydrogen) atoms. The molecule has 150 valence electrons. The van der Waals surface area contributed by atoms with Gasteiger partial charge in [0.05, 0.1) is 23.3 Å². The minimum Gasteiger partial charge on any atom is -0.507 e. The molecule has 0 amide bonds. The normalized spacial score (nSPS) is 23.3. The molecule has 2 aliphatic rings. The van der Waals surface area contributed by atoms with Crippen LogP contribution in [0, 0.1) is 6.92 Å². The average molecular weight is 391 g/mol. The topological polar surface area (TPSA) is 92.0 Å². The van der Waals surface area contributed by atoms with Gasteiger partial charge in [-0.3, -0.25) is 0 Å². The van der Waals surface area contributed by atoms with E-state index in [1.54, 1.807) is 10.7 Å². The first kappa shape index (κ1) is 18.1. The number of fused-ring (bicyclic) bond motifs is 2. The molecule has 0 aliphatic carbocycles. The summed E-state index contributed by atoms with van der Waals surface area (Å²) in [6.07, 6.45) is 6.68. The fourth-order valence-electron chi connectivity index (χ4n) is 4.54. The minimum absolute atomic E-state index is 0.140. The summed E-state index contributed by atoms with van der Waals surface area (Å²) in [5.41, 5.74) is 2.86. The Hall–Kier alpha value is -3.00. The number of hydrogen-bond acceptors (Lipinski definition) is 7. The van der Waals surface area contributed by atoms with E-state index in [1.807, 2.05) is 37.4 Å². The molecule has 1 aromatic carbocycles. The summed E-state index contributed by atoms with van der Waals surface area (Å²) >= 11 is 0. The minimum atomic E-state index is 0.140. The van der Waals surface area contributed by atoms with Crippen molar-refractivity contribution in [2.24, 2.45) is 0 Å². The number of phenols is 1. The van der Waals surface area contributed by atoms with E-state index in [1.165, 1.54) is 12.8 Å². The molecule has 8 heteroatoms. The summed E-state index contributed by atoms with van der Waals surface area (Å²) in [5.74, 6) is 1.01. The van der Waals surface area contributed by atoms with E-state index in [-0.39, 0.29) is 5.75 Å². The predicted molar refractivity (Wildman–Crippen MR) is 110 cm³/mol. The molecule has 0 radical (unpaired) electrons. The number of nitrogens with zero attached hydrogens (tertiary/aromatic N) is 6. The molecule has 3 aromatic rings. The number of nitrogens with one attached hydrogen (secondary N) is 1. The van der Waals surface area contributed by atoms with Crippen LogP contribution in [0.4, 0.5) is 5.82 Å². The van der Waals surface area contributed by atoms with Gasteiger partial charge in [0.25, 0.3) is 0 Å². The maximum absolute atomic E-state index is 10.5. The fraction of sp³-hybridized carbons (Fsp3) is 0.429. The van der Waals surface area contributed by atoms with Crippen LogP contribution < -0.4 is 10.2 Å². The van der Waals surface area contributed by atoms with Gasteiger partial charge in [0.15, 0.2) is 5.82 Å². The smallest absolute Gasteiger partial charge is 0.151 e. The number of rotatable bonds is 4. The van der Waals surface area contributed by atoms with Crippen molar-refractivity contribution in [3.05, 3.63) is 42.2 Å². The van der Waals surface area contributed by atoms with Gasteiger partial charge >= 0.3 is 0 Å². The Kier molecular flexibility index (Phi) is 4.43. The van der Waals surface area contributed by atoms with Crippen molar-refractivity contribution in [1.29, 1.82) is 0 Å². The van der Waals surface area contributed by atoms with Gasteiger partial charge < -0.3 is 15.3 Å². The first-order valence-electron chi connectivity index (χ1n) is 10.1. The largest absolute Gasteiger partial charge is 0.507 e. The Morgan fingerprint density at radius 3 is 2.48 bits per heavy atom. The predicted octanol–water partition coefficient (Wildman–Crippen LogP) is 2.46. The van der Waals surface area contributed by atoms with Crippen LogP contribution in [0.2, 0.25) is 0 Å². The van der Waals surface area contributed by atoms with Crippen LogP contribution in [0.25, 0.3) is 16.9 Å². The van der Waals surface area contributed by atoms with E-state index in [0.29, 0.717) is 29.4 Å². The van der Waals surface area contributed by atoms with Crippen LogP contribution in [0.15, 0.2) is 36.5 Å². The number of aryl methyl sites for hydroxylation is 1. The zero-order chi connectivity index (χ0) is 20.0. The molecule has 2 fully saturated rings. The number of aromatic nitrogens is 5. The Bertz CT molecular complexity index is 1000. The SMILES string of the molecule is Cc1cn(-c2ccc(-c3ccc(N(C)C4CC5CCC(C4)N5)nn3)c(O)c2)nn1. The van der Waals surface area contributed by atoms with Gasteiger partial charge in [0.1, 0.15) is 5.75 Å². The van der Waals surface area contributed by atoms with E-state index in [0.717, 1.165) is 30.0 Å². The Morgan fingerprint density at radius 1 is 1.07 bits per heavy atom. The van der Waals surface area contributed by atoms with Crippen molar-refractivity contribution in [1.82, 2.24) is 30.5 Å². The molecule has 2 aliphatic heterocycles. The van der Waals surface area contributed by atoms with Crippen LogP contribution in [0.1, 0.15) is 31.4 Å². The molecule has 2 saturated heterocycles. The number of hydrogen-bond donors (Lipinski definition) is 2. The van der Waals surface area contributed by atoms with Crippen molar-refractivity contribution >= 4 is 5.82 Å². The van der Waals surface area contributed by atoms with E-state index in [9.17, 15) is 5.11 Å². The molecular weight excluding hydrogens is 366 g/mol. The third-order valence-corrected chi connectivity index (χ3v) is 6.14. The molecule has 2 N–H and O–H groups in total. The van der Waals surface area contributed by atoms with Gasteiger partial charge in [-0.2, -0.15) is 0 Å². The molecule has 2 unspecified atom stereocenters. The quantitative estimate of drug-likeness (QED) is 0.706. The zero-order valence-electron chi connectivity index (χ0n) is 16.7. The highest BCUT2D eigenvalue weighted by Gasteiger charge is 2.35. The summed E-state index contributed by atoms with van der Waals surface area (Å²) in [6, 6.07) is 11.1. The van der Waals surface area contributed by atoms with E-state index in [4.69, 9.17) is 0 Å². The third kappa shape index (κ3) is 3.44. The second kappa shape index (κ2) is 7.11. The Labute approximate surface area is 169 Å². The average Bonchev–Trinajstić information content (AvgIpc) is 3.32. The van der Waals surface area contributed by atoms with E-state index < -0.39 is 0 Å². The first-order chi connectivity index (χ1) is 14.1. The summed E-state index contributed by atoms with van der Waals surface area (Å²) in [5, 5.41) is 31.0. The van der Waals surface area contributed by atoms with Crippen LogP contribution in [0.5, 0.6) is 5.75 Å². The maximum atomic E-state index is 10.5. The lowest BCUT2D eigenvalue weighted by molar-refractivity contribution is 0.353. The number of phenolic OH excluding ortho intramolecular Hbond substituents is 1. The molecule has 2 atom stereocenters. The molecule has 4 heterocycles. The molecule has 0 spiro atoms. The lowest BCUT2D eigenvalue weighted by Gasteiger charge is -2.36. The van der Waals surface area contributed by atoms with Gasteiger partial charge in [-0.25, -0.2) is 4.68 Å². The van der Waals surface area contributed by atoms with Crippen molar-refractivity contribution in [2.75, 3.05) is 11.9 Å². The zero-order valence-corrected chi connectivity index (χ0v) is 16.7. The van der Waals surface area contributed by atoms with Crippen LogP contribution in [0.3, 0.4) is 0 Å². The van der Waals surface area contributed by atoms with Gasteiger partial charge in [-0.05, 0) is 56.9 Å². The standard InChI is InChI=1S/C21H25N7O/c1-13-12-28(26-23-13)16-5-6-18(20(29)11-16)19-7-8-21(25-24-19)27(2)17-9-14-3-4-15(10-17)22-14/h5-8,11-12,14-15,17,22,29H,3-4,9-10H2,1-2H3. The van der Waals surface area contributed by atoms with Crippen LogP contribution in [-0.4, -0.2) is 55.5 Å². The number of benzene rings is 1. The molecule has 5 rings (SSSR count). The lowest BCUT2D eigenvalue weighted by Crippen LogP contribution is -2.47. The maximum Gasteiger partial charge on any atom is 0.151 e. The highest BCUT2D eigenvalue weighted by molar-refractivity contribution is 5.69. The molecule has 2 aromatic heterocycles. The van der Waals surface area contributed by atoms with Crippen LogP contribution in [-0.2, 0) is 0 Å². The van der Waals surface area contributed by atoms with E-state index >= 15 is 0 Å². The second-order valence-corrected chi connectivity index (χ2v) is 8.16. The summed E-state index contributed by atoms with van der Waals surface area (Å²) in [6.45, 7) is 1.88. The molecule has 0 saturated carbocycles. The Morgan fingerprint density at radius 2 is 1.86 bits per heavy atom. The van der Waals surface area contributed by atoms with Crippen molar-refractivity contribution in [3.63, 3.8) is 0 Å². The summed E-state index contributed by atoms with van der Waals surface area (Å²) < 4.78 is 1.63. The van der Waals surface area contributed by atoms with Crippen molar-refractivity contribution in [3.8, 4) is 22.7 Å². The third-order valence-electron chi connectivity index (χ3n) is 6.14. The van der Waals surface area contributed by atoms with E-state index in [2.05, 4.69) is 37.8 Å². The second-order valence-electron chi connectivity index (χ2n) is 8.16. The number of aromatic hydroxyl groups is 1. The van der Waals surface area contributed by atoms with Gasteiger partial charge in [-0.1, -0.05) is 5.21 Å². The fourth-order valence-corrected chi connectivity index (χ4v) is 4.54. The first-order valence-corrected chi connectivity index (χ1v) is 10.1.